The second kappa shape index (κ2) is 7.98. The Morgan fingerprint density at radius 1 is 1.22 bits per heavy atom. The number of hydrogen-bond acceptors (Lipinski definition) is 5. The molecule has 1 aliphatic heterocycles. The fraction of sp³-hybridized carbons (Fsp3) is 0.550. The number of hydrogen-bond donors (Lipinski definition) is 1. The van der Waals surface area contributed by atoms with Crippen LogP contribution in [0.15, 0.2) is 24.3 Å². The maximum Gasteiger partial charge on any atom is 0.326 e. The molecular weight excluding hydrogens is 348 g/mol. The van der Waals surface area contributed by atoms with E-state index in [4.69, 9.17) is 9.47 Å². The topological polar surface area (TPSA) is 84.9 Å². The maximum atomic E-state index is 12.8. The van der Waals surface area contributed by atoms with Gasteiger partial charge in [-0.15, -0.1) is 0 Å². The number of benzene rings is 1. The Balaban J connectivity index is 1.47. The number of urea groups is 1. The van der Waals surface area contributed by atoms with Gasteiger partial charge in [0.05, 0.1) is 0 Å². The predicted octanol–water partition coefficient (Wildman–Crippen LogP) is 2.42. The van der Waals surface area contributed by atoms with Crippen LogP contribution in [0.3, 0.4) is 0 Å². The number of amides is 3. The van der Waals surface area contributed by atoms with Gasteiger partial charge in [0.15, 0.2) is 0 Å². The number of esters is 1. The monoisotopic (exact) mass is 374 g/mol. The third-order valence-corrected chi connectivity index (χ3v) is 5.42. The van der Waals surface area contributed by atoms with Crippen molar-refractivity contribution in [3.63, 3.8) is 0 Å². The number of ether oxygens (including phenoxy) is 2. The molecule has 1 spiro atoms. The molecule has 1 aromatic rings. The first-order chi connectivity index (χ1) is 12.9. The minimum absolute atomic E-state index is 0.0535. The van der Waals surface area contributed by atoms with Crippen molar-refractivity contribution in [1.29, 1.82) is 0 Å². The van der Waals surface area contributed by atoms with E-state index in [1.54, 1.807) is 0 Å². The SMILES string of the molecule is Cc1ccc(OCCOC(=O)CN2C(=O)N[C@@]3(CCCC[C@H]3C)C2=O)cc1. The van der Waals surface area contributed by atoms with Crippen LogP contribution in [0, 0.1) is 12.8 Å². The van der Waals surface area contributed by atoms with Gasteiger partial charge in [-0.1, -0.05) is 37.5 Å². The van der Waals surface area contributed by atoms with E-state index >= 15 is 0 Å². The summed E-state index contributed by atoms with van der Waals surface area (Å²) in [7, 11) is 0. The Morgan fingerprint density at radius 2 is 1.96 bits per heavy atom. The van der Waals surface area contributed by atoms with Crippen LogP contribution < -0.4 is 10.1 Å². The predicted molar refractivity (Wildman–Crippen MR) is 98.2 cm³/mol. The van der Waals surface area contributed by atoms with Gasteiger partial charge in [0.2, 0.25) is 0 Å². The van der Waals surface area contributed by atoms with E-state index in [1.165, 1.54) is 0 Å². The minimum atomic E-state index is -0.857. The van der Waals surface area contributed by atoms with E-state index in [1.807, 2.05) is 38.1 Å². The summed E-state index contributed by atoms with van der Waals surface area (Å²) < 4.78 is 10.6. The van der Waals surface area contributed by atoms with E-state index in [9.17, 15) is 14.4 Å². The molecule has 146 valence electrons. The molecule has 1 saturated heterocycles. The molecule has 7 heteroatoms. The molecule has 27 heavy (non-hydrogen) atoms. The van der Waals surface area contributed by atoms with Gasteiger partial charge in [-0.2, -0.15) is 0 Å². The van der Waals surface area contributed by atoms with Crippen molar-refractivity contribution in [2.75, 3.05) is 19.8 Å². The Labute approximate surface area is 159 Å². The Bertz CT molecular complexity index is 718. The van der Waals surface area contributed by atoms with E-state index < -0.39 is 17.5 Å². The standard InChI is InChI=1S/C20H26N2O5/c1-14-6-8-16(9-7-14)26-11-12-27-17(23)13-22-18(24)20(21-19(22)25)10-4-3-5-15(20)2/h6-9,15H,3-5,10-13H2,1-2H3,(H,21,25)/t15-,20-/m1/s1. The summed E-state index contributed by atoms with van der Waals surface area (Å²) in [6.07, 6.45) is 3.45. The van der Waals surface area contributed by atoms with Crippen LogP contribution in [-0.2, 0) is 14.3 Å². The zero-order chi connectivity index (χ0) is 19.4. The molecule has 0 unspecified atom stereocenters. The van der Waals surface area contributed by atoms with E-state index in [0.29, 0.717) is 12.2 Å². The second-order valence-corrected chi connectivity index (χ2v) is 7.32. The lowest BCUT2D eigenvalue weighted by molar-refractivity contribution is -0.149. The van der Waals surface area contributed by atoms with E-state index in [2.05, 4.69) is 5.32 Å². The van der Waals surface area contributed by atoms with Crippen molar-refractivity contribution in [3.05, 3.63) is 29.8 Å². The lowest BCUT2D eigenvalue weighted by Gasteiger charge is -2.36. The van der Waals surface area contributed by atoms with Crippen LogP contribution in [0.5, 0.6) is 5.75 Å². The molecule has 0 bridgehead atoms. The van der Waals surface area contributed by atoms with E-state index in [0.717, 1.165) is 29.7 Å². The summed E-state index contributed by atoms with van der Waals surface area (Å²) >= 11 is 0. The summed E-state index contributed by atoms with van der Waals surface area (Å²) in [4.78, 5) is 38.1. The highest BCUT2D eigenvalue weighted by Crippen LogP contribution is 2.38. The Kier molecular flexibility index (Phi) is 5.68. The maximum absolute atomic E-state index is 12.8. The molecular formula is C20H26N2O5. The highest BCUT2D eigenvalue weighted by atomic mass is 16.6. The third-order valence-electron chi connectivity index (χ3n) is 5.42. The quantitative estimate of drug-likeness (QED) is 0.470. The molecule has 0 aromatic heterocycles. The highest BCUT2D eigenvalue weighted by Gasteiger charge is 2.55. The molecule has 1 N–H and O–H groups in total. The van der Waals surface area contributed by atoms with Gasteiger partial charge in [-0.25, -0.2) is 4.79 Å². The zero-order valence-electron chi connectivity index (χ0n) is 15.8. The van der Waals surface area contributed by atoms with Crippen LogP contribution >= 0.6 is 0 Å². The van der Waals surface area contributed by atoms with Gasteiger partial charge in [0.25, 0.3) is 5.91 Å². The molecule has 3 rings (SSSR count). The average molecular weight is 374 g/mol. The van der Waals surface area contributed by atoms with Crippen molar-refractivity contribution in [1.82, 2.24) is 10.2 Å². The lowest BCUT2D eigenvalue weighted by Crippen LogP contribution is -2.54. The van der Waals surface area contributed by atoms with Crippen molar-refractivity contribution >= 4 is 17.9 Å². The van der Waals surface area contributed by atoms with Gasteiger partial charge >= 0.3 is 12.0 Å². The van der Waals surface area contributed by atoms with Crippen molar-refractivity contribution in [2.45, 2.75) is 45.1 Å². The fourth-order valence-electron chi connectivity index (χ4n) is 3.76. The molecule has 2 aliphatic rings. The molecule has 3 amide bonds. The molecule has 2 fully saturated rings. The van der Waals surface area contributed by atoms with Crippen molar-refractivity contribution in [2.24, 2.45) is 5.92 Å². The zero-order valence-corrected chi connectivity index (χ0v) is 15.8. The molecule has 1 heterocycles. The number of rotatable bonds is 6. The van der Waals surface area contributed by atoms with E-state index in [-0.39, 0.29) is 31.6 Å². The number of imide groups is 1. The van der Waals surface area contributed by atoms with Gasteiger partial charge in [0.1, 0.15) is 31.0 Å². The molecule has 2 atom stereocenters. The number of aryl methyl sites for hydroxylation is 1. The van der Waals surface area contributed by atoms with Crippen LogP contribution in [0.4, 0.5) is 4.79 Å². The summed E-state index contributed by atoms with van der Waals surface area (Å²) in [5.74, 6) is -0.176. The second-order valence-electron chi connectivity index (χ2n) is 7.32. The number of carbonyl (C=O) groups excluding carboxylic acids is 3. The van der Waals surface area contributed by atoms with Gasteiger partial charge in [-0.3, -0.25) is 14.5 Å². The number of nitrogens with zero attached hydrogens (tertiary/aromatic N) is 1. The number of carbonyl (C=O) groups is 3. The smallest absolute Gasteiger partial charge is 0.326 e. The first-order valence-corrected chi connectivity index (χ1v) is 9.41. The van der Waals surface area contributed by atoms with Crippen LogP contribution in [-0.4, -0.2) is 48.1 Å². The van der Waals surface area contributed by atoms with Gasteiger partial charge in [-0.05, 0) is 37.8 Å². The minimum Gasteiger partial charge on any atom is -0.490 e. The van der Waals surface area contributed by atoms with Crippen molar-refractivity contribution in [3.8, 4) is 5.75 Å². The summed E-state index contributed by atoms with van der Waals surface area (Å²) in [6.45, 7) is 3.85. The largest absolute Gasteiger partial charge is 0.490 e. The average Bonchev–Trinajstić information content (AvgIpc) is 2.88. The van der Waals surface area contributed by atoms with Crippen molar-refractivity contribution < 1.29 is 23.9 Å². The highest BCUT2D eigenvalue weighted by molar-refractivity contribution is 6.08. The Morgan fingerprint density at radius 3 is 2.67 bits per heavy atom. The fourth-order valence-corrected chi connectivity index (χ4v) is 3.76. The summed E-state index contributed by atoms with van der Waals surface area (Å²) in [5.41, 5.74) is 0.275. The molecule has 0 radical (unpaired) electrons. The van der Waals surface area contributed by atoms with Gasteiger partial charge in [0, 0.05) is 0 Å². The summed E-state index contributed by atoms with van der Waals surface area (Å²) in [5, 5.41) is 2.82. The Hall–Kier alpha value is -2.57. The third kappa shape index (κ3) is 4.07. The lowest BCUT2D eigenvalue weighted by atomic mass is 9.73. The summed E-state index contributed by atoms with van der Waals surface area (Å²) in [6, 6.07) is 7.04. The van der Waals surface area contributed by atoms with Crippen LogP contribution in [0.2, 0.25) is 0 Å². The molecule has 1 aromatic carbocycles. The first-order valence-electron chi connectivity index (χ1n) is 9.41. The van der Waals surface area contributed by atoms with Gasteiger partial charge < -0.3 is 14.8 Å². The normalized spacial score (nSPS) is 24.8. The molecule has 1 saturated carbocycles. The molecule has 1 aliphatic carbocycles. The first kappa shape index (κ1) is 19.2. The molecule has 7 nitrogen and oxygen atoms in total. The van der Waals surface area contributed by atoms with Crippen LogP contribution in [0.25, 0.3) is 0 Å². The number of nitrogens with one attached hydrogen (secondary N) is 1. The van der Waals surface area contributed by atoms with Crippen LogP contribution in [0.1, 0.15) is 38.2 Å².